The van der Waals surface area contributed by atoms with Crippen molar-refractivity contribution in [1.29, 1.82) is 0 Å². The minimum absolute atomic E-state index is 0.262. The smallest absolute Gasteiger partial charge is 0.162 e. The van der Waals surface area contributed by atoms with Crippen molar-refractivity contribution >= 4 is 28.3 Å². The van der Waals surface area contributed by atoms with E-state index in [9.17, 15) is 0 Å². The van der Waals surface area contributed by atoms with E-state index in [2.05, 4.69) is 5.32 Å². The number of hydrogen-bond acceptors (Lipinski definition) is 4. The molecule has 0 amide bonds. The predicted octanol–water partition coefficient (Wildman–Crippen LogP) is 4.54. The van der Waals surface area contributed by atoms with Gasteiger partial charge in [0.25, 0.3) is 0 Å². The van der Waals surface area contributed by atoms with Crippen molar-refractivity contribution in [3.8, 4) is 11.4 Å². The Hall–Kier alpha value is -2.17. The SMILES string of the molecule is Clc1ccc(-c2nc(NCC3CCCO3)c3ccccc3n2)cc1. The normalized spacial score (nSPS) is 17.3. The number of nitrogens with zero attached hydrogens (tertiary/aromatic N) is 2. The molecule has 1 aliphatic rings. The van der Waals surface area contributed by atoms with Gasteiger partial charge in [-0.15, -0.1) is 0 Å². The Kier molecular flexibility index (Phi) is 4.32. The second-order valence-corrected chi connectivity index (χ2v) is 6.37. The van der Waals surface area contributed by atoms with E-state index in [-0.39, 0.29) is 6.10 Å². The third-order valence-electron chi connectivity index (χ3n) is 4.23. The molecule has 4 rings (SSSR count). The highest BCUT2D eigenvalue weighted by Gasteiger charge is 2.16. The summed E-state index contributed by atoms with van der Waals surface area (Å²) in [5, 5.41) is 5.18. The van der Waals surface area contributed by atoms with Gasteiger partial charge in [-0.1, -0.05) is 23.7 Å². The van der Waals surface area contributed by atoms with Crippen LogP contribution in [0, 0.1) is 0 Å². The number of aromatic nitrogens is 2. The average Bonchev–Trinajstić information content (AvgIpc) is 3.13. The lowest BCUT2D eigenvalue weighted by molar-refractivity contribution is 0.120. The molecule has 1 unspecified atom stereocenters. The highest BCUT2D eigenvalue weighted by atomic mass is 35.5. The van der Waals surface area contributed by atoms with Crippen LogP contribution in [0.3, 0.4) is 0 Å². The summed E-state index contributed by atoms with van der Waals surface area (Å²) in [7, 11) is 0. The number of para-hydroxylation sites is 1. The lowest BCUT2D eigenvalue weighted by Gasteiger charge is -2.14. The second-order valence-electron chi connectivity index (χ2n) is 5.94. The van der Waals surface area contributed by atoms with Gasteiger partial charge >= 0.3 is 0 Å². The Morgan fingerprint density at radius 2 is 1.92 bits per heavy atom. The van der Waals surface area contributed by atoms with Crippen LogP contribution < -0.4 is 5.32 Å². The highest BCUT2D eigenvalue weighted by molar-refractivity contribution is 6.30. The molecule has 2 aromatic carbocycles. The molecule has 1 saturated heterocycles. The minimum atomic E-state index is 0.262. The summed E-state index contributed by atoms with van der Waals surface area (Å²) in [6.45, 7) is 1.62. The van der Waals surface area contributed by atoms with Gasteiger partial charge in [-0.2, -0.15) is 0 Å². The number of halogens is 1. The molecule has 24 heavy (non-hydrogen) atoms. The second kappa shape index (κ2) is 6.75. The zero-order valence-corrected chi connectivity index (χ0v) is 14.0. The summed E-state index contributed by atoms with van der Waals surface area (Å²) in [5.41, 5.74) is 1.87. The Morgan fingerprint density at radius 3 is 2.71 bits per heavy atom. The summed E-state index contributed by atoms with van der Waals surface area (Å²) < 4.78 is 5.69. The van der Waals surface area contributed by atoms with Crippen LogP contribution in [0.4, 0.5) is 5.82 Å². The topological polar surface area (TPSA) is 47.0 Å². The Morgan fingerprint density at radius 1 is 1.08 bits per heavy atom. The summed E-state index contributed by atoms with van der Waals surface area (Å²) in [6, 6.07) is 15.6. The van der Waals surface area contributed by atoms with Gasteiger partial charge in [-0.3, -0.25) is 0 Å². The lowest BCUT2D eigenvalue weighted by atomic mass is 10.1. The third kappa shape index (κ3) is 3.21. The van der Waals surface area contributed by atoms with E-state index in [1.165, 1.54) is 0 Å². The molecule has 122 valence electrons. The molecule has 5 heteroatoms. The number of hydrogen-bond donors (Lipinski definition) is 1. The molecule has 0 saturated carbocycles. The fraction of sp³-hybridized carbons (Fsp3) is 0.263. The molecule has 1 aromatic heterocycles. The van der Waals surface area contributed by atoms with E-state index >= 15 is 0 Å². The van der Waals surface area contributed by atoms with Crippen LogP contribution >= 0.6 is 11.6 Å². The van der Waals surface area contributed by atoms with Crippen LogP contribution in [0.5, 0.6) is 0 Å². The van der Waals surface area contributed by atoms with Crippen LogP contribution in [0.15, 0.2) is 48.5 Å². The Balaban J connectivity index is 1.71. The molecule has 0 radical (unpaired) electrons. The first-order valence-corrected chi connectivity index (χ1v) is 8.55. The van der Waals surface area contributed by atoms with Crippen molar-refractivity contribution in [3.63, 3.8) is 0 Å². The summed E-state index contributed by atoms with van der Waals surface area (Å²) in [6.07, 6.45) is 2.49. The molecular formula is C19H18ClN3O. The highest BCUT2D eigenvalue weighted by Crippen LogP contribution is 2.26. The molecule has 1 atom stereocenters. The fourth-order valence-electron chi connectivity index (χ4n) is 2.96. The number of ether oxygens (including phenoxy) is 1. The zero-order chi connectivity index (χ0) is 16.4. The van der Waals surface area contributed by atoms with Crippen molar-refractivity contribution in [2.75, 3.05) is 18.5 Å². The van der Waals surface area contributed by atoms with Gasteiger partial charge in [0.2, 0.25) is 0 Å². The van der Waals surface area contributed by atoms with E-state index in [0.717, 1.165) is 48.3 Å². The van der Waals surface area contributed by atoms with E-state index in [1.807, 2.05) is 48.5 Å². The van der Waals surface area contributed by atoms with Gasteiger partial charge in [-0.05, 0) is 49.2 Å². The van der Waals surface area contributed by atoms with E-state index in [0.29, 0.717) is 10.8 Å². The fourth-order valence-corrected chi connectivity index (χ4v) is 3.08. The predicted molar refractivity (Wildman–Crippen MR) is 97.4 cm³/mol. The number of benzene rings is 2. The molecule has 1 aliphatic heterocycles. The molecule has 4 nitrogen and oxygen atoms in total. The zero-order valence-electron chi connectivity index (χ0n) is 13.2. The quantitative estimate of drug-likeness (QED) is 0.758. The Labute approximate surface area is 145 Å². The molecule has 0 spiro atoms. The first kappa shape index (κ1) is 15.4. The summed E-state index contributed by atoms with van der Waals surface area (Å²) in [5.74, 6) is 1.54. The van der Waals surface area contributed by atoms with Gasteiger partial charge in [0.15, 0.2) is 5.82 Å². The molecule has 1 N–H and O–H groups in total. The van der Waals surface area contributed by atoms with Gasteiger partial charge in [-0.25, -0.2) is 9.97 Å². The molecular weight excluding hydrogens is 322 g/mol. The maximum absolute atomic E-state index is 5.98. The van der Waals surface area contributed by atoms with Crippen molar-refractivity contribution in [1.82, 2.24) is 9.97 Å². The standard InChI is InChI=1S/C19H18ClN3O/c20-14-9-7-13(8-10-14)18-22-17-6-2-1-5-16(17)19(23-18)21-12-15-4-3-11-24-15/h1-2,5-10,15H,3-4,11-12H2,(H,21,22,23). The molecule has 2 heterocycles. The number of anilines is 1. The maximum Gasteiger partial charge on any atom is 0.162 e. The van der Waals surface area contributed by atoms with Crippen molar-refractivity contribution in [3.05, 3.63) is 53.6 Å². The summed E-state index contributed by atoms with van der Waals surface area (Å²) in [4.78, 5) is 9.43. The number of fused-ring (bicyclic) bond motifs is 1. The molecule has 0 bridgehead atoms. The van der Waals surface area contributed by atoms with E-state index in [4.69, 9.17) is 26.3 Å². The maximum atomic E-state index is 5.98. The van der Waals surface area contributed by atoms with Crippen molar-refractivity contribution < 1.29 is 4.74 Å². The van der Waals surface area contributed by atoms with Crippen LogP contribution in [0.1, 0.15) is 12.8 Å². The lowest BCUT2D eigenvalue weighted by Crippen LogP contribution is -2.19. The largest absolute Gasteiger partial charge is 0.376 e. The van der Waals surface area contributed by atoms with Crippen LogP contribution in [0.25, 0.3) is 22.3 Å². The van der Waals surface area contributed by atoms with Gasteiger partial charge in [0, 0.05) is 29.1 Å². The monoisotopic (exact) mass is 339 g/mol. The Bertz CT molecular complexity index is 845. The van der Waals surface area contributed by atoms with Crippen LogP contribution in [0.2, 0.25) is 5.02 Å². The number of nitrogens with one attached hydrogen (secondary N) is 1. The third-order valence-corrected chi connectivity index (χ3v) is 4.48. The first-order valence-electron chi connectivity index (χ1n) is 8.18. The van der Waals surface area contributed by atoms with E-state index < -0.39 is 0 Å². The van der Waals surface area contributed by atoms with Crippen LogP contribution in [-0.4, -0.2) is 29.2 Å². The van der Waals surface area contributed by atoms with Gasteiger partial charge < -0.3 is 10.1 Å². The average molecular weight is 340 g/mol. The number of rotatable bonds is 4. The van der Waals surface area contributed by atoms with Crippen LogP contribution in [-0.2, 0) is 4.74 Å². The summed E-state index contributed by atoms with van der Waals surface area (Å²) >= 11 is 5.98. The van der Waals surface area contributed by atoms with Gasteiger partial charge in [0.05, 0.1) is 11.6 Å². The molecule has 3 aromatic rings. The van der Waals surface area contributed by atoms with E-state index in [1.54, 1.807) is 0 Å². The van der Waals surface area contributed by atoms with Gasteiger partial charge in [0.1, 0.15) is 5.82 Å². The molecule has 1 fully saturated rings. The first-order chi connectivity index (χ1) is 11.8. The van der Waals surface area contributed by atoms with Crippen molar-refractivity contribution in [2.24, 2.45) is 0 Å². The molecule has 0 aliphatic carbocycles. The van der Waals surface area contributed by atoms with Crippen molar-refractivity contribution in [2.45, 2.75) is 18.9 Å². The minimum Gasteiger partial charge on any atom is -0.376 e.